The Morgan fingerprint density at radius 1 is 1.28 bits per heavy atom. The number of urea groups is 1. The topological polar surface area (TPSA) is 103 Å². The molecule has 0 aliphatic heterocycles. The third kappa shape index (κ3) is 2.80. The lowest BCUT2D eigenvalue weighted by Crippen LogP contribution is -2.19. The minimum absolute atomic E-state index is 0.489. The number of ether oxygens (including phenoxy) is 1. The molecular weight excluding hydrogens is 338 g/mol. The first kappa shape index (κ1) is 15.5. The average Bonchev–Trinajstić information content (AvgIpc) is 3.03. The van der Waals surface area contributed by atoms with E-state index in [2.05, 4.69) is 15.3 Å². The molecule has 0 radical (unpaired) electrons. The Kier molecular flexibility index (Phi) is 3.81. The molecule has 1 aliphatic rings. The molecule has 0 unspecified atom stereocenters. The fourth-order valence-electron chi connectivity index (χ4n) is 2.86. The SMILES string of the molecule is COc1ccccc1-c1ncc2c(n1)-c1sc(NC(N)=O)nc1CC2. The summed E-state index contributed by atoms with van der Waals surface area (Å²) < 4.78 is 5.41. The summed E-state index contributed by atoms with van der Waals surface area (Å²) in [5, 5.41) is 3.03. The molecule has 7 nitrogen and oxygen atoms in total. The summed E-state index contributed by atoms with van der Waals surface area (Å²) in [7, 11) is 1.63. The van der Waals surface area contributed by atoms with Crippen LogP contribution >= 0.6 is 11.3 Å². The van der Waals surface area contributed by atoms with Gasteiger partial charge in [-0.25, -0.2) is 19.7 Å². The first-order valence-corrected chi connectivity index (χ1v) is 8.53. The zero-order valence-electron chi connectivity index (χ0n) is 13.4. The average molecular weight is 353 g/mol. The number of aryl methyl sites for hydroxylation is 2. The number of amides is 2. The van der Waals surface area contributed by atoms with Gasteiger partial charge in [0.2, 0.25) is 0 Å². The molecule has 1 aliphatic carbocycles. The van der Waals surface area contributed by atoms with Crippen LogP contribution in [-0.4, -0.2) is 28.1 Å². The van der Waals surface area contributed by atoms with E-state index in [-0.39, 0.29) is 0 Å². The Labute approximate surface area is 147 Å². The summed E-state index contributed by atoms with van der Waals surface area (Å²) in [6.45, 7) is 0. The highest BCUT2D eigenvalue weighted by Crippen LogP contribution is 2.39. The van der Waals surface area contributed by atoms with Crippen molar-refractivity contribution in [1.82, 2.24) is 15.0 Å². The third-order valence-electron chi connectivity index (χ3n) is 3.99. The lowest BCUT2D eigenvalue weighted by atomic mass is 9.99. The Morgan fingerprint density at radius 2 is 2.12 bits per heavy atom. The molecule has 0 fully saturated rings. The van der Waals surface area contributed by atoms with Crippen LogP contribution in [0.1, 0.15) is 11.3 Å². The van der Waals surface area contributed by atoms with Gasteiger partial charge in [0, 0.05) is 6.20 Å². The van der Waals surface area contributed by atoms with Crippen LogP contribution in [0.5, 0.6) is 5.75 Å². The largest absolute Gasteiger partial charge is 0.496 e. The van der Waals surface area contributed by atoms with Crippen molar-refractivity contribution < 1.29 is 9.53 Å². The maximum Gasteiger partial charge on any atom is 0.318 e. The monoisotopic (exact) mass is 353 g/mol. The second-order valence-corrected chi connectivity index (χ2v) is 6.55. The van der Waals surface area contributed by atoms with Crippen molar-refractivity contribution in [3.63, 3.8) is 0 Å². The number of benzene rings is 1. The van der Waals surface area contributed by atoms with Crippen LogP contribution in [0.3, 0.4) is 0 Å². The number of methoxy groups -OCH3 is 1. The predicted molar refractivity (Wildman–Crippen MR) is 95.7 cm³/mol. The van der Waals surface area contributed by atoms with Crippen LogP contribution in [0, 0.1) is 0 Å². The number of carbonyl (C=O) groups is 1. The summed E-state index contributed by atoms with van der Waals surface area (Å²) in [4.78, 5) is 25.7. The van der Waals surface area contributed by atoms with Crippen LogP contribution in [0.25, 0.3) is 22.0 Å². The molecule has 8 heteroatoms. The summed E-state index contributed by atoms with van der Waals surface area (Å²) in [5.74, 6) is 1.32. The highest BCUT2D eigenvalue weighted by atomic mass is 32.1. The summed E-state index contributed by atoms with van der Waals surface area (Å²) in [6, 6.07) is 7.02. The van der Waals surface area contributed by atoms with Crippen molar-refractivity contribution in [1.29, 1.82) is 0 Å². The molecule has 1 aromatic carbocycles. The van der Waals surface area contributed by atoms with Crippen LogP contribution in [0.2, 0.25) is 0 Å². The zero-order chi connectivity index (χ0) is 17.4. The normalized spacial score (nSPS) is 12.2. The summed E-state index contributed by atoms with van der Waals surface area (Å²) in [6.07, 6.45) is 3.46. The Hall–Kier alpha value is -3.00. The van der Waals surface area contributed by atoms with Gasteiger partial charge in [0.25, 0.3) is 0 Å². The van der Waals surface area contributed by atoms with E-state index in [1.165, 1.54) is 11.3 Å². The number of para-hydroxylation sites is 1. The quantitative estimate of drug-likeness (QED) is 0.753. The number of nitrogens with one attached hydrogen (secondary N) is 1. The number of nitrogens with two attached hydrogens (primary N) is 1. The number of hydrogen-bond donors (Lipinski definition) is 2. The van der Waals surface area contributed by atoms with Crippen molar-refractivity contribution in [2.75, 3.05) is 12.4 Å². The van der Waals surface area contributed by atoms with E-state index < -0.39 is 6.03 Å². The first-order valence-electron chi connectivity index (χ1n) is 7.71. The fraction of sp³-hybridized carbons (Fsp3) is 0.176. The number of nitrogens with zero attached hydrogens (tertiary/aromatic N) is 3. The van der Waals surface area contributed by atoms with Crippen molar-refractivity contribution in [2.24, 2.45) is 5.73 Å². The van der Waals surface area contributed by atoms with Crippen molar-refractivity contribution in [3.8, 4) is 27.7 Å². The van der Waals surface area contributed by atoms with E-state index in [4.69, 9.17) is 15.5 Å². The molecule has 3 N–H and O–H groups in total. The van der Waals surface area contributed by atoms with Gasteiger partial charge in [0.1, 0.15) is 5.75 Å². The van der Waals surface area contributed by atoms with Gasteiger partial charge in [-0.1, -0.05) is 23.5 Å². The van der Waals surface area contributed by atoms with Gasteiger partial charge >= 0.3 is 6.03 Å². The maximum absolute atomic E-state index is 11.1. The van der Waals surface area contributed by atoms with Crippen LogP contribution in [0.15, 0.2) is 30.5 Å². The van der Waals surface area contributed by atoms with E-state index in [1.54, 1.807) is 7.11 Å². The Morgan fingerprint density at radius 3 is 2.92 bits per heavy atom. The van der Waals surface area contributed by atoms with Crippen molar-refractivity contribution in [2.45, 2.75) is 12.8 Å². The minimum Gasteiger partial charge on any atom is -0.496 e. The van der Waals surface area contributed by atoms with Gasteiger partial charge in [0.05, 0.1) is 28.9 Å². The van der Waals surface area contributed by atoms with Crippen molar-refractivity contribution in [3.05, 3.63) is 41.7 Å². The summed E-state index contributed by atoms with van der Waals surface area (Å²) in [5.41, 5.74) is 8.87. The number of fused-ring (bicyclic) bond motifs is 3. The first-order chi connectivity index (χ1) is 12.2. The highest BCUT2D eigenvalue weighted by molar-refractivity contribution is 7.19. The number of anilines is 1. The molecule has 2 aromatic heterocycles. The number of rotatable bonds is 3. The smallest absolute Gasteiger partial charge is 0.318 e. The van der Waals surface area contributed by atoms with E-state index >= 15 is 0 Å². The van der Waals surface area contributed by atoms with E-state index in [0.717, 1.165) is 46.0 Å². The van der Waals surface area contributed by atoms with E-state index in [1.807, 2.05) is 30.5 Å². The zero-order valence-corrected chi connectivity index (χ0v) is 14.3. The molecule has 3 aromatic rings. The molecule has 2 heterocycles. The molecule has 4 rings (SSSR count). The Bertz CT molecular complexity index is 969. The maximum atomic E-state index is 11.1. The molecule has 0 saturated heterocycles. The third-order valence-corrected chi connectivity index (χ3v) is 5.01. The molecule has 126 valence electrons. The van der Waals surface area contributed by atoms with E-state index in [0.29, 0.717) is 11.0 Å². The highest BCUT2D eigenvalue weighted by Gasteiger charge is 2.24. The standard InChI is InChI=1S/C17H15N5O2S/c1-24-12-5-3-2-4-10(12)15-19-8-9-6-7-11-14(13(9)21-15)25-17(20-11)22-16(18)23/h2-5,8H,6-7H2,1H3,(H3,18,20,22,23). The minimum atomic E-state index is -0.622. The van der Waals surface area contributed by atoms with Gasteiger partial charge in [-0.15, -0.1) is 0 Å². The summed E-state index contributed by atoms with van der Waals surface area (Å²) >= 11 is 1.38. The molecule has 0 saturated carbocycles. The van der Waals surface area contributed by atoms with Gasteiger partial charge in [-0.2, -0.15) is 0 Å². The van der Waals surface area contributed by atoms with Crippen LogP contribution in [0.4, 0.5) is 9.93 Å². The second-order valence-electron chi connectivity index (χ2n) is 5.55. The lowest BCUT2D eigenvalue weighted by Gasteiger charge is -2.15. The second kappa shape index (κ2) is 6.14. The fourth-order valence-corrected chi connectivity index (χ4v) is 3.90. The van der Waals surface area contributed by atoms with Crippen molar-refractivity contribution >= 4 is 22.5 Å². The Balaban J connectivity index is 1.81. The molecule has 0 atom stereocenters. The molecule has 0 bridgehead atoms. The number of aromatic nitrogens is 3. The predicted octanol–water partition coefficient (Wildman–Crippen LogP) is 2.86. The lowest BCUT2D eigenvalue weighted by molar-refractivity contribution is 0.259. The van der Waals surface area contributed by atoms with Gasteiger partial charge in [0.15, 0.2) is 11.0 Å². The molecule has 25 heavy (non-hydrogen) atoms. The van der Waals surface area contributed by atoms with Crippen LogP contribution < -0.4 is 15.8 Å². The molecule has 2 amide bonds. The number of hydrogen-bond acceptors (Lipinski definition) is 6. The van der Waals surface area contributed by atoms with Gasteiger partial charge in [-0.3, -0.25) is 5.32 Å². The number of primary amides is 1. The van der Waals surface area contributed by atoms with Crippen LogP contribution in [-0.2, 0) is 12.8 Å². The molecule has 0 spiro atoms. The van der Waals surface area contributed by atoms with Gasteiger partial charge < -0.3 is 10.5 Å². The number of thiazole rings is 1. The molecular formula is C17H15N5O2S. The van der Waals surface area contributed by atoms with Gasteiger partial charge in [-0.05, 0) is 30.5 Å². The number of carbonyl (C=O) groups excluding carboxylic acids is 1. The van der Waals surface area contributed by atoms with E-state index in [9.17, 15) is 4.79 Å².